The minimum Gasteiger partial charge on any atom is -0.411 e. The molecule has 1 aliphatic carbocycles. The second kappa shape index (κ2) is 3.04. The van der Waals surface area contributed by atoms with Gasteiger partial charge in [0.05, 0.1) is 5.71 Å². The number of nitrogens with zero attached hydrogens (tertiary/aromatic N) is 1. The van der Waals surface area contributed by atoms with Crippen LogP contribution in [-0.4, -0.2) is 10.9 Å². The van der Waals surface area contributed by atoms with Crippen LogP contribution in [0.5, 0.6) is 0 Å². The molecule has 0 aromatic rings. The molecular formula is C8H15NO. The molecule has 0 aliphatic heterocycles. The smallest absolute Gasteiger partial charge is 0.0573 e. The van der Waals surface area contributed by atoms with Crippen molar-refractivity contribution in [2.45, 2.75) is 33.1 Å². The van der Waals surface area contributed by atoms with Crippen molar-refractivity contribution in [3.63, 3.8) is 0 Å². The molecule has 1 rings (SSSR count). The van der Waals surface area contributed by atoms with Crippen LogP contribution in [0, 0.1) is 11.8 Å². The molecule has 1 fully saturated rings. The van der Waals surface area contributed by atoms with Crippen LogP contribution in [0.4, 0.5) is 0 Å². The van der Waals surface area contributed by atoms with Gasteiger partial charge in [-0.3, -0.25) is 0 Å². The van der Waals surface area contributed by atoms with E-state index in [-0.39, 0.29) is 0 Å². The minimum absolute atomic E-state index is 0.694. The molecule has 58 valence electrons. The van der Waals surface area contributed by atoms with Gasteiger partial charge in [0.1, 0.15) is 0 Å². The Balaban J connectivity index is 2.48. The fraction of sp³-hybridized carbons (Fsp3) is 0.875. The lowest BCUT2D eigenvalue weighted by molar-refractivity contribution is 0.298. The van der Waals surface area contributed by atoms with E-state index in [0.29, 0.717) is 5.92 Å². The summed E-state index contributed by atoms with van der Waals surface area (Å²) >= 11 is 0. The van der Waals surface area contributed by atoms with Gasteiger partial charge in [-0.05, 0) is 31.1 Å². The molecule has 0 spiro atoms. The van der Waals surface area contributed by atoms with E-state index in [1.54, 1.807) is 0 Å². The van der Waals surface area contributed by atoms with Gasteiger partial charge in [-0.1, -0.05) is 19.0 Å². The van der Waals surface area contributed by atoms with E-state index >= 15 is 0 Å². The molecule has 0 aromatic carbocycles. The predicted octanol–water partition coefficient (Wildman–Crippen LogP) is 2.27. The highest BCUT2D eigenvalue weighted by Gasteiger charge is 2.20. The van der Waals surface area contributed by atoms with Crippen molar-refractivity contribution in [3.8, 4) is 0 Å². The monoisotopic (exact) mass is 141 g/mol. The maximum atomic E-state index is 8.48. The fourth-order valence-electron chi connectivity index (χ4n) is 1.44. The van der Waals surface area contributed by atoms with E-state index in [0.717, 1.165) is 24.5 Å². The molecule has 1 N–H and O–H groups in total. The number of hydrogen-bond acceptors (Lipinski definition) is 2. The van der Waals surface area contributed by atoms with Crippen LogP contribution in [0.25, 0.3) is 0 Å². The summed E-state index contributed by atoms with van der Waals surface area (Å²) in [4.78, 5) is 0. The maximum Gasteiger partial charge on any atom is 0.0573 e. The Labute approximate surface area is 61.9 Å². The van der Waals surface area contributed by atoms with Crippen LogP contribution in [0.1, 0.15) is 33.1 Å². The first kappa shape index (κ1) is 7.58. The molecule has 2 atom stereocenters. The third-order valence-corrected chi connectivity index (χ3v) is 2.56. The summed E-state index contributed by atoms with van der Waals surface area (Å²) in [6.07, 6.45) is 3.15. The summed E-state index contributed by atoms with van der Waals surface area (Å²) in [5, 5.41) is 11.7. The number of hydrogen-bond donors (Lipinski definition) is 1. The molecule has 0 saturated heterocycles. The van der Waals surface area contributed by atoms with Crippen LogP contribution < -0.4 is 0 Å². The lowest BCUT2D eigenvalue weighted by atomic mass is 9.81. The second-order valence-electron chi connectivity index (χ2n) is 3.36. The lowest BCUT2D eigenvalue weighted by Crippen LogP contribution is -2.20. The molecule has 0 aromatic heterocycles. The normalized spacial score (nSPS) is 38.4. The van der Waals surface area contributed by atoms with Gasteiger partial charge in [0.2, 0.25) is 0 Å². The minimum atomic E-state index is 0.694. The van der Waals surface area contributed by atoms with Crippen LogP contribution >= 0.6 is 0 Å². The Morgan fingerprint density at radius 3 is 2.60 bits per heavy atom. The van der Waals surface area contributed by atoms with Gasteiger partial charge in [0, 0.05) is 0 Å². The van der Waals surface area contributed by atoms with Crippen molar-refractivity contribution >= 4 is 5.71 Å². The highest BCUT2D eigenvalue weighted by Crippen LogP contribution is 2.27. The highest BCUT2D eigenvalue weighted by molar-refractivity contribution is 5.84. The van der Waals surface area contributed by atoms with Gasteiger partial charge >= 0.3 is 0 Å². The Morgan fingerprint density at radius 2 is 2.10 bits per heavy atom. The van der Waals surface area contributed by atoms with Crippen molar-refractivity contribution in [1.29, 1.82) is 0 Å². The predicted molar refractivity (Wildman–Crippen MR) is 41.4 cm³/mol. The van der Waals surface area contributed by atoms with E-state index < -0.39 is 0 Å². The van der Waals surface area contributed by atoms with E-state index in [1.165, 1.54) is 6.42 Å². The Morgan fingerprint density at radius 1 is 1.40 bits per heavy atom. The van der Waals surface area contributed by atoms with Gasteiger partial charge in [-0.2, -0.15) is 0 Å². The van der Waals surface area contributed by atoms with Gasteiger partial charge in [0.25, 0.3) is 0 Å². The van der Waals surface area contributed by atoms with Gasteiger partial charge in [0.15, 0.2) is 0 Å². The summed E-state index contributed by atoms with van der Waals surface area (Å²) in [7, 11) is 0. The SMILES string of the molecule is C[C@H]1CC/C(=N\O)C[C@@H]1C. The molecule has 10 heavy (non-hydrogen) atoms. The molecule has 0 heterocycles. The Hall–Kier alpha value is -0.530. The first-order valence-corrected chi connectivity index (χ1v) is 3.94. The maximum absolute atomic E-state index is 8.48. The molecular weight excluding hydrogens is 126 g/mol. The summed E-state index contributed by atoms with van der Waals surface area (Å²) < 4.78 is 0. The van der Waals surface area contributed by atoms with E-state index in [9.17, 15) is 0 Å². The molecule has 0 radical (unpaired) electrons. The zero-order chi connectivity index (χ0) is 7.56. The molecule has 2 nitrogen and oxygen atoms in total. The van der Waals surface area contributed by atoms with E-state index in [4.69, 9.17) is 5.21 Å². The number of rotatable bonds is 0. The first-order valence-electron chi connectivity index (χ1n) is 3.94. The third kappa shape index (κ3) is 1.49. The van der Waals surface area contributed by atoms with Gasteiger partial charge in [-0.15, -0.1) is 0 Å². The Kier molecular flexibility index (Phi) is 2.30. The molecule has 2 heteroatoms. The molecule has 0 amide bonds. The van der Waals surface area contributed by atoms with Crippen LogP contribution in [0.15, 0.2) is 5.16 Å². The number of oxime groups is 1. The van der Waals surface area contributed by atoms with Crippen molar-refractivity contribution in [2.24, 2.45) is 17.0 Å². The van der Waals surface area contributed by atoms with Gasteiger partial charge in [-0.25, -0.2) is 0 Å². The van der Waals surface area contributed by atoms with Gasteiger partial charge < -0.3 is 5.21 Å². The lowest BCUT2D eigenvalue weighted by Gasteiger charge is -2.25. The van der Waals surface area contributed by atoms with Crippen molar-refractivity contribution in [2.75, 3.05) is 0 Å². The van der Waals surface area contributed by atoms with E-state index in [2.05, 4.69) is 19.0 Å². The summed E-state index contributed by atoms with van der Waals surface area (Å²) in [6, 6.07) is 0. The molecule has 1 saturated carbocycles. The average Bonchev–Trinajstić information content (AvgIpc) is 1.95. The summed E-state index contributed by atoms with van der Waals surface area (Å²) in [5.74, 6) is 1.49. The summed E-state index contributed by atoms with van der Waals surface area (Å²) in [6.45, 7) is 4.48. The third-order valence-electron chi connectivity index (χ3n) is 2.56. The zero-order valence-electron chi connectivity index (χ0n) is 6.67. The van der Waals surface area contributed by atoms with Crippen LogP contribution in [-0.2, 0) is 0 Å². The highest BCUT2D eigenvalue weighted by atomic mass is 16.4. The molecule has 0 bridgehead atoms. The van der Waals surface area contributed by atoms with Crippen LogP contribution in [0.2, 0.25) is 0 Å². The Bertz CT molecular complexity index is 142. The average molecular weight is 141 g/mol. The molecule has 1 aliphatic rings. The van der Waals surface area contributed by atoms with Crippen molar-refractivity contribution < 1.29 is 5.21 Å². The second-order valence-corrected chi connectivity index (χ2v) is 3.36. The zero-order valence-corrected chi connectivity index (χ0v) is 6.67. The van der Waals surface area contributed by atoms with E-state index in [1.807, 2.05) is 0 Å². The largest absolute Gasteiger partial charge is 0.411 e. The summed E-state index contributed by atoms with van der Waals surface area (Å²) in [5.41, 5.74) is 0.977. The fourth-order valence-corrected chi connectivity index (χ4v) is 1.44. The molecule has 0 unspecified atom stereocenters. The van der Waals surface area contributed by atoms with Crippen LogP contribution in [0.3, 0.4) is 0 Å². The topological polar surface area (TPSA) is 32.6 Å². The van der Waals surface area contributed by atoms with Crippen molar-refractivity contribution in [3.05, 3.63) is 0 Å². The van der Waals surface area contributed by atoms with Crippen molar-refractivity contribution in [1.82, 2.24) is 0 Å². The first-order chi connectivity index (χ1) is 4.74. The quantitative estimate of drug-likeness (QED) is 0.407. The standard InChI is InChI=1S/C8H15NO/c1-6-3-4-8(9-10)5-7(6)2/h6-7,10H,3-5H2,1-2H3/b9-8+/t6-,7-/m0/s1.